The second kappa shape index (κ2) is 6.38. The van der Waals surface area contributed by atoms with Gasteiger partial charge >= 0.3 is 0 Å². The number of anilines is 2. The summed E-state index contributed by atoms with van der Waals surface area (Å²) in [4.78, 5) is 18.7. The molecule has 0 aliphatic carbocycles. The van der Waals surface area contributed by atoms with Crippen molar-refractivity contribution in [2.24, 2.45) is 0 Å². The first-order valence-corrected chi connectivity index (χ1v) is 7.37. The number of morpholine rings is 1. The highest BCUT2D eigenvalue weighted by Crippen LogP contribution is 2.27. The number of aliphatic hydroxyl groups excluding tert-OH is 1. The van der Waals surface area contributed by atoms with Crippen molar-refractivity contribution in [1.29, 1.82) is 0 Å². The largest absolute Gasteiger partial charge is 0.394 e. The SMILES string of the molecule is CC(C)Nc1nc(N)c(C(=O)N2CCOCC2CO)s1. The quantitative estimate of drug-likeness (QED) is 0.743. The zero-order chi connectivity index (χ0) is 14.7. The Hall–Kier alpha value is -1.38. The molecule has 0 radical (unpaired) electrons. The molecule has 20 heavy (non-hydrogen) atoms. The minimum Gasteiger partial charge on any atom is -0.394 e. The molecule has 1 aromatic rings. The molecule has 0 bridgehead atoms. The summed E-state index contributed by atoms with van der Waals surface area (Å²) in [6.45, 7) is 5.12. The Bertz CT molecular complexity index is 477. The second-order valence-electron chi connectivity index (χ2n) is 4.94. The van der Waals surface area contributed by atoms with E-state index in [9.17, 15) is 9.90 Å². The van der Waals surface area contributed by atoms with Crippen LogP contribution >= 0.6 is 11.3 Å². The summed E-state index contributed by atoms with van der Waals surface area (Å²) < 4.78 is 5.27. The minimum absolute atomic E-state index is 0.123. The van der Waals surface area contributed by atoms with Crippen LogP contribution in [0.15, 0.2) is 0 Å². The fourth-order valence-corrected chi connectivity index (χ4v) is 2.98. The van der Waals surface area contributed by atoms with Crippen molar-refractivity contribution in [3.8, 4) is 0 Å². The molecular formula is C12H20N4O3S. The monoisotopic (exact) mass is 300 g/mol. The summed E-state index contributed by atoms with van der Waals surface area (Å²) in [7, 11) is 0. The summed E-state index contributed by atoms with van der Waals surface area (Å²) in [5.41, 5.74) is 5.83. The van der Waals surface area contributed by atoms with Crippen LogP contribution in [0.4, 0.5) is 10.9 Å². The number of ether oxygens (including phenoxy) is 1. The van der Waals surface area contributed by atoms with Gasteiger partial charge in [0.25, 0.3) is 5.91 Å². The third kappa shape index (κ3) is 3.20. The molecule has 112 valence electrons. The topological polar surface area (TPSA) is 101 Å². The van der Waals surface area contributed by atoms with E-state index in [0.717, 1.165) is 0 Å². The van der Waals surface area contributed by atoms with Gasteiger partial charge in [-0.2, -0.15) is 0 Å². The van der Waals surface area contributed by atoms with Gasteiger partial charge in [0.15, 0.2) is 5.13 Å². The molecule has 0 saturated carbocycles. The number of carbonyl (C=O) groups is 1. The maximum atomic E-state index is 12.5. The van der Waals surface area contributed by atoms with Crippen molar-refractivity contribution < 1.29 is 14.6 Å². The number of amides is 1. The molecule has 1 fully saturated rings. The van der Waals surface area contributed by atoms with E-state index in [1.807, 2.05) is 13.8 Å². The second-order valence-corrected chi connectivity index (χ2v) is 5.94. The van der Waals surface area contributed by atoms with Crippen LogP contribution in [-0.4, -0.2) is 59.3 Å². The minimum atomic E-state index is -0.320. The first kappa shape index (κ1) is 15.0. The van der Waals surface area contributed by atoms with Gasteiger partial charge in [0.2, 0.25) is 0 Å². The smallest absolute Gasteiger partial charge is 0.268 e. The molecule has 2 heterocycles. The van der Waals surface area contributed by atoms with Gasteiger partial charge in [-0.05, 0) is 13.8 Å². The van der Waals surface area contributed by atoms with Crippen molar-refractivity contribution in [2.75, 3.05) is 37.4 Å². The van der Waals surface area contributed by atoms with E-state index in [2.05, 4.69) is 10.3 Å². The average molecular weight is 300 g/mol. The molecule has 1 unspecified atom stereocenters. The molecule has 1 aliphatic rings. The van der Waals surface area contributed by atoms with Crippen molar-refractivity contribution in [1.82, 2.24) is 9.88 Å². The van der Waals surface area contributed by atoms with Crippen LogP contribution in [0.25, 0.3) is 0 Å². The molecule has 1 aromatic heterocycles. The summed E-state index contributed by atoms with van der Waals surface area (Å²) in [6.07, 6.45) is 0. The highest BCUT2D eigenvalue weighted by Gasteiger charge is 2.30. The molecule has 1 saturated heterocycles. The number of nitrogens with two attached hydrogens (primary N) is 1. The van der Waals surface area contributed by atoms with E-state index < -0.39 is 0 Å². The van der Waals surface area contributed by atoms with Crippen LogP contribution in [0, 0.1) is 0 Å². The normalized spacial score (nSPS) is 19.4. The lowest BCUT2D eigenvalue weighted by molar-refractivity contribution is -0.0181. The van der Waals surface area contributed by atoms with Crippen LogP contribution in [-0.2, 0) is 4.74 Å². The predicted octanol–water partition coefficient (Wildman–Crippen LogP) is 0.379. The molecule has 0 spiro atoms. The standard InChI is InChI=1S/C12H20N4O3S/c1-7(2)14-12-15-10(13)9(20-12)11(18)16-3-4-19-6-8(16)5-17/h7-8,17H,3-6,13H2,1-2H3,(H,14,15). The van der Waals surface area contributed by atoms with Crippen LogP contribution in [0.5, 0.6) is 0 Å². The van der Waals surface area contributed by atoms with E-state index in [4.69, 9.17) is 10.5 Å². The fraction of sp³-hybridized carbons (Fsp3) is 0.667. The average Bonchev–Trinajstić information content (AvgIpc) is 2.77. The molecule has 7 nitrogen and oxygen atoms in total. The Morgan fingerprint density at radius 3 is 3.10 bits per heavy atom. The molecule has 4 N–H and O–H groups in total. The third-order valence-electron chi connectivity index (χ3n) is 2.96. The third-order valence-corrected chi connectivity index (χ3v) is 3.95. The lowest BCUT2D eigenvalue weighted by atomic mass is 10.2. The van der Waals surface area contributed by atoms with Gasteiger partial charge in [-0.25, -0.2) is 4.98 Å². The van der Waals surface area contributed by atoms with Gasteiger partial charge in [-0.15, -0.1) is 0 Å². The number of thiazole rings is 1. The first-order chi connectivity index (χ1) is 9.52. The maximum absolute atomic E-state index is 12.5. The van der Waals surface area contributed by atoms with Gasteiger partial charge in [0, 0.05) is 12.6 Å². The first-order valence-electron chi connectivity index (χ1n) is 6.55. The van der Waals surface area contributed by atoms with Crippen LogP contribution in [0.1, 0.15) is 23.5 Å². The number of rotatable bonds is 4. The number of aromatic nitrogens is 1. The number of nitrogen functional groups attached to an aromatic ring is 1. The number of carbonyl (C=O) groups excluding carboxylic acids is 1. The lowest BCUT2D eigenvalue weighted by Gasteiger charge is -2.34. The Morgan fingerprint density at radius 2 is 2.45 bits per heavy atom. The molecule has 0 aromatic carbocycles. The van der Waals surface area contributed by atoms with Gasteiger partial charge in [0.05, 0.1) is 25.9 Å². The molecule has 1 amide bonds. The number of nitrogens with zero attached hydrogens (tertiary/aromatic N) is 2. The van der Waals surface area contributed by atoms with Crippen molar-refractivity contribution in [3.63, 3.8) is 0 Å². The summed E-state index contributed by atoms with van der Waals surface area (Å²) >= 11 is 1.24. The summed E-state index contributed by atoms with van der Waals surface area (Å²) in [6, 6.07) is -0.101. The predicted molar refractivity (Wildman–Crippen MR) is 78.0 cm³/mol. The van der Waals surface area contributed by atoms with Crippen molar-refractivity contribution in [3.05, 3.63) is 4.88 Å². The van der Waals surface area contributed by atoms with Crippen molar-refractivity contribution in [2.45, 2.75) is 25.9 Å². The zero-order valence-electron chi connectivity index (χ0n) is 11.6. The van der Waals surface area contributed by atoms with E-state index in [0.29, 0.717) is 29.8 Å². The van der Waals surface area contributed by atoms with Crippen LogP contribution in [0.2, 0.25) is 0 Å². The zero-order valence-corrected chi connectivity index (χ0v) is 12.4. The van der Waals surface area contributed by atoms with E-state index in [1.54, 1.807) is 4.90 Å². The Kier molecular flexibility index (Phi) is 4.79. The van der Waals surface area contributed by atoms with E-state index in [-0.39, 0.29) is 30.4 Å². The highest BCUT2D eigenvalue weighted by molar-refractivity contribution is 7.18. The molecule has 8 heteroatoms. The maximum Gasteiger partial charge on any atom is 0.268 e. The van der Waals surface area contributed by atoms with E-state index in [1.165, 1.54) is 11.3 Å². The Morgan fingerprint density at radius 1 is 1.70 bits per heavy atom. The molecule has 2 rings (SSSR count). The van der Waals surface area contributed by atoms with Crippen LogP contribution < -0.4 is 11.1 Å². The Labute approximate surface area is 121 Å². The van der Waals surface area contributed by atoms with Gasteiger partial charge in [-0.3, -0.25) is 4.79 Å². The fourth-order valence-electron chi connectivity index (χ4n) is 2.00. The van der Waals surface area contributed by atoms with Gasteiger partial charge < -0.3 is 25.8 Å². The molecule has 1 atom stereocenters. The number of aliphatic hydroxyl groups is 1. The summed E-state index contributed by atoms with van der Waals surface area (Å²) in [5, 5.41) is 13.1. The number of nitrogens with one attached hydrogen (secondary N) is 1. The van der Waals surface area contributed by atoms with Gasteiger partial charge in [0.1, 0.15) is 10.7 Å². The highest BCUT2D eigenvalue weighted by atomic mass is 32.1. The lowest BCUT2D eigenvalue weighted by Crippen LogP contribution is -2.50. The van der Waals surface area contributed by atoms with Crippen LogP contribution in [0.3, 0.4) is 0 Å². The van der Waals surface area contributed by atoms with Crippen molar-refractivity contribution >= 4 is 28.2 Å². The molecule has 1 aliphatic heterocycles. The Balaban J connectivity index is 2.17. The van der Waals surface area contributed by atoms with Gasteiger partial charge in [-0.1, -0.05) is 11.3 Å². The van der Waals surface area contributed by atoms with E-state index >= 15 is 0 Å². The molecular weight excluding hydrogens is 280 g/mol. The summed E-state index contributed by atoms with van der Waals surface area (Å²) in [5.74, 6) is 0.0329. The number of hydrogen-bond donors (Lipinski definition) is 3. The number of hydrogen-bond acceptors (Lipinski definition) is 7.